The molecule has 0 aromatic heterocycles. The fraction of sp³-hybridized carbons (Fsp3) is 0.250. The van der Waals surface area contributed by atoms with Crippen LogP contribution in [-0.4, -0.2) is 26.1 Å². The minimum atomic E-state index is -4.11. The highest BCUT2D eigenvalue weighted by molar-refractivity contribution is 7.91. The number of hydrogen-bond donors (Lipinski definition) is 1. The lowest BCUT2D eigenvalue weighted by atomic mass is 10.1. The number of ether oxygens (including phenoxy) is 1. The van der Waals surface area contributed by atoms with Crippen molar-refractivity contribution in [1.82, 2.24) is 0 Å². The van der Waals surface area contributed by atoms with Crippen LogP contribution < -0.4 is 4.74 Å². The van der Waals surface area contributed by atoms with Crippen LogP contribution in [0.1, 0.15) is 18.1 Å². The molecular formula is C16H17FO4S. The number of alkyl halides is 1. The van der Waals surface area contributed by atoms with E-state index in [4.69, 9.17) is 4.74 Å². The highest BCUT2D eigenvalue weighted by Gasteiger charge is 2.29. The van der Waals surface area contributed by atoms with Gasteiger partial charge in [-0.1, -0.05) is 30.3 Å². The maximum Gasteiger partial charge on any atom is 0.210 e. The Morgan fingerprint density at radius 2 is 1.68 bits per heavy atom. The molecule has 4 nitrogen and oxygen atoms in total. The average molecular weight is 324 g/mol. The van der Waals surface area contributed by atoms with Crippen molar-refractivity contribution < 1.29 is 22.7 Å². The first-order chi connectivity index (χ1) is 10.4. The lowest BCUT2D eigenvalue weighted by Gasteiger charge is -2.15. The van der Waals surface area contributed by atoms with Crippen LogP contribution >= 0.6 is 0 Å². The third-order valence-corrected chi connectivity index (χ3v) is 5.11. The normalized spacial score (nSPS) is 14.3. The summed E-state index contributed by atoms with van der Waals surface area (Å²) in [5.74, 6) is 0.602. The van der Waals surface area contributed by atoms with E-state index >= 15 is 0 Å². The molecule has 0 aliphatic heterocycles. The first-order valence-corrected chi connectivity index (χ1v) is 8.25. The van der Waals surface area contributed by atoms with E-state index in [9.17, 15) is 17.9 Å². The van der Waals surface area contributed by atoms with Crippen molar-refractivity contribution in [3.63, 3.8) is 0 Å². The second kappa shape index (κ2) is 6.89. The van der Waals surface area contributed by atoms with Crippen molar-refractivity contribution in [3.8, 4) is 5.75 Å². The molecule has 118 valence electrons. The van der Waals surface area contributed by atoms with E-state index in [-0.39, 0.29) is 4.90 Å². The molecule has 0 spiro atoms. The molecule has 0 heterocycles. The first-order valence-electron chi connectivity index (χ1n) is 6.70. The number of hydrogen-bond acceptors (Lipinski definition) is 4. The number of sulfone groups is 1. The van der Waals surface area contributed by atoms with E-state index in [0.29, 0.717) is 11.3 Å². The van der Waals surface area contributed by atoms with Gasteiger partial charge in [-0.3, -0.25) is 0 Å². The van der Waals surface area contributed by atoms with E-state index in [1.54, 1.807) is 30.3 Å². The Bertz CT molecular complexity index is 699. The molecule has 2 rings (SSSR count). The summed E-state index contributed by atoms with van der Waals surface area (Å²) in [5.41, 5.74) is -1.74. The van der Waals surface area contributed by atoms with Crippen LogP contribution in [0.25, 0.3) is 0 Å². The monoisotopic (exact) mass is 324 g/mol. The second-order valence-electron chi connectivity index (χ2n) is 4.79. The quantitative estimate of drug-likeness (QED) is 0.887. The molecule has 0 fully saturated rings. The number of halogens is 1. The smallest absolute Gasteiger partial charge is 0.210 e. The van der Waals surface area contributed by atoms with Gasteiger partial charge in [0.05, 0.1) is 18.1 Å². The zero-order valence-corrected chi connectivity index (χ0v) is 12.8. The Labute approximate surface area is 129 Å². The van der Waals surface area contributed by atoms with Gasteiger partial charge in [-0.15, -0.1) is 0 Å². The lowest BCUT2D eigenvalue weighted by Crippen LogP contribution is -2.19. The van der Waals surface area contributed by atoms with Gasteiger partial charge in [-0.05, 0) is 29.8 Å². The number of aliphatic hydroxyl groups is 1. The predicted octanol–water partition coefficient (Wildman–Crippen LogP) is 2.89. The van der Waals surface area contributed by atoms with Crippen molar-refractivity contribution >= 4 is 9.84 Å². The molecule has 0 saturated heterocycles. The molecule has 2 atom stereocenters. The summed E-state index contributed by atoms with van der Waals surface area (Å²) < 4.78 is 43.4. The maximum absolute atomic E-state index is 14.2. The largest absolute Gasteiger partial charge is 0.497 e. The Morgan fingerprint density at radius 1 is 1.09 bits per heavy atom. The van der Waals surface area contributed by atoms with Crippen LogP contribution in [0.5, 0.6) is 5.75 Å². The van der Waals surface area contributed by atoms with E-state index in [0.717, 1.165) is 0 Å². The van der Waals surface area contributed by atoms with Crippen molar-refractivity contribution in [2.24, 2.45) is 0 Å². The summed E-state index contributed by atoms with van der Waals surface area (Å²) in [4.78, 5) is -0.0931. The van der Waals surface area contributed by atoms with Crippen LogP contribution in [0, 0.1) is 0 Å². The molecule has 0 aliphatic rings. The zero-order valence-electron chi connectivity index (χ0n) is 12.0. The standard InChI is InChI=1S/C16H17FO4S/c1-21-13-9-7-12(8-10-13)15(18)11-16(17)22(19,20)14-5-3-2-4-6-14/h2-10,15-16,18H,11H2,1H3. The Balaban J connectivity index is 2.12. The molecule has 0 amide bonds. The van der Waals surface area contributed by atoms with Crippen molar-refractivity contribution in [1.29, 1.82) is 0 Å². The van der Waals surface area contributed by atoms with Gasteiger partial charge >= 0.3 is 0 Å². The van der Waals surface area contributed by atoms with E-state index in [2.05, 4.69) is 0 Å². The highest BCUT2D eigenvalue weighted by Crippen LogP contribution is 2.27. The van der Waals surface area contributed by atoms with Gasteiger partial charge in [-0.2, -0.15) is 0 Å². The number of aliphatic hydroxyl groups excluding tert-OH is 1. The molecule has 0 saturated carbocycles. The average Bonchev–Trinajstić information content (AvgIpc) is 2.55. The molecule has 0 aliphatic carbocycles. The van der Waals surface area contributed by atoms with Crippen LogP contribution in [0.2, 0.25) is 0 Å². The second-order valence-corrected chi connectivity index (χ2v) is 6.87. The van der Waals surface area contributed by atoms with E-state index in [1.807, 2.05) is 0 Å². The van der Waals surface area contributed by atoms with Crippen molar-refractivity contribution in [2.75, 3.05) is 7.11 Å². The first kappa shape index (κ1) is 16.5. The predicted molar refractivity (Wildman–Crippen MR) is 81.1 cm³/mol. The summed E-state index contributed by atoms with van der Waals surface area (Å²) in [6.07, 6.45) is -1.73. The van der Waals surface area contributed by atoms with E-state index in [1.165, 1.54) is 31.4 Å². The molecule has 2 unspecified atom stereocenters. The molecule has 22 heavy (non-hydrogen) atoms. The Morgan fingerprint density at radius 3 is 2.23 bits per heavy atom. The van der Waals surface area contributed by atoms with E-state index < -0.39 is 27.9 Å². The SMILES string of the molecule is COc1ccc(C(O)CC(F)S(=O)(=O)c2ccccc2)cc1. The molecular weight excluding hydrogens is 307 g/mol. The Hall–Kier alpha value is -1.92. The molecule has 1 N–H and O–H groups in total. The van der Waals surface area contributed by atoms with Gasteiger partial charge in [0.1, 0.15) is 5.75 Å². The van der Waals surface area contributed by atoms with Crippen LogP contribution in [0.3, 0.4) is 0 Å². The zero-order chi connectivity index (χ0) is 16.2. The fourth-order valence-corrected chi connectivity index (χ4v) is 3.29. The van der Waals surface area contributed by atoms with Crippen molar-refractivity contribution in [2.45, 2.75) is 22.9 Å². The van der Waals surface area contributed by atoms with Gasteiger partial charge in [0.25, 0.3) is 0 Å². The third-order valence-electron chi connectivity index (χ3n) is 3.32. The maximum atomic E-state index is 14.2. The Kier molecular flexibility index (Phi) is 5.15. The van der Waals surface area contributed by atoms with Gasteiger partial charge < -0.3 is 9.84 Å². The summed E-state index contributed by atoms with van der Waals surface area (Å²) >= 11 is 0. The van der Waals surface area contributed by atoms with Gasteiger partial charge in [0.2, 0.25) is 15.3 Å². The third kappa shape index (κ3) is 3.64. The molecule has 2 aromatic carbocycles. The molecule has 0 radical (unpaired) electrons. The summed E-state index contributed by atoms with van der Waals surface area (Å²) in [7, 11) is -2.60. The minimum absolute atomic E-state index is 0.0931. The van der Waals surface area contributed by atoms with Gasteiger partial charge in [-0.25, -0.2) is 12.8 Å². The summed E-state index contributed by atoms with van der Waals surface area (Å²) in [5, 5.41) is 10.0. The van der Waals surface area contributed by atoms with Crippen molar-refractivity contribution in [3.05, 3.63) is 60.2 Å². The number of rotatable bonds is 6. The van der Waals surface area contributed by atoms with Gasteiger partial charge in [0.15, 0.2) is 0 Å². The topological polar surface area (TPSA) is 63.6 Å². The number of methoxy groups -OCH3 is 1. The molecule has 0 bridgehead atoms. The molecule has 2 aromatic rings. The molecule has 6 heteroatoms. The fourth-order valence-electron chi connectivity index (χ4n) is 2.02. The van der Waals surface area contributed by atoms with Gasteiger partial charge in [0, 0.05) is 6.42 Å². The van der Waals surface area contributed by atoms with Crippen LogP contribution in [-0.2, 0) is 9.84 Å². The highest BCUT2D eigenvalue weighted by atomic mass is 32.2. The number of benzene rings is 2. The van der Waals surface area contributed by atoms with Crippen LogP contribution in [0.15, 0.2) is 59.5 Å². The van der Waals surface area contributed by atoms with Crippen LogP contribution in [0.4, 0.5) is 4.39 Å². The summed E-state index contributed by atoms with van der Waals surface area (Å²) in [6, 6.07) is 13.8. The lowest BCUT2D eigenvalue weighted by molar-refractivity contribution is 0.146. The summed E-state index contributed by atoms with van der Waals surface area (Å²) in [6.45, 7) is 0. The minimum Gasteiger partial charge on any atom is -0.497 e.